The zero-order valence-electron chi connectivity index (χ0n) is 11.4. The summed E-state index contributed by atoms with van der Waals surface area (Å²) < 4.78 is 49.9. The van der Waals surface area contributed by atoms with Crippen molar-refractivity contribution in [1.29, 1.82) is 0 Å². The molecule has 0 aliphatic carbocycles. The molecular weight excluding hydrogens is 88.1 g/mol. The van der Waals surface area contributed by atoms with Crippen molar-refractivity contribution in [1.82, 2.24) is 0 Å². The first-order valence-electron chi connectivity index (χ1n) is 5.47. The first-order chi connectivity index (χ1) is 5.75. The van der Waals surface area contributed by atoms with Crippen LogP contribution in [-0.2, 0) is 0 Å². The minimum atomic E-state index is -3.12. The fraction of sp³-hybridized carbons (Fsp3) is 1.00. The molecule has 0 aliphatic rings. The van der Waals surface area contributed by atoms with Crippen molar-refractivity contribution < 1.29 is 14.7 Å². The van der Waals surface area contributed by atoms with Crippen LogP contribution in [0.2, 0.25) is 0 Å². The number of hydrogen-bond acceptors (Lipinski definition) is 1. The van der Waals surface area contributed by atoms with Crippen molar-refractivity contribution in [2.24, 2.45) is 0 Å². The lowest BCUT2D eigenvalue weighted by atomic mass is 10.0. The van der Waals surface area contributed by atoms with Crippen molar-refractivity contribution in [3.63, 3.8) is 0 Å². The third kappa shape index (κ3) is 2.63. The summed E-state index contributed by atoms with van der Waals surface area (Å²) >= 11 is 0. The van der Waals surface area contributed by atoms with Gasteiger partial charge in [-0.3, -0.25) is 0 Å². The molecular formula is C6H14O. The van der Waals surface area contributed by atoms with Gasteiger partial charge in [0.05, 0.1) is 5.60 Å². The second-order valence-electron chi connectivity index (χ2n) is 1.21. The minimum absolute atomic E-state index is 0.848. The van der Waals surface area contributed by atoms with E-state index in [1.807, 2.05) is 0 Å². The van der Waals surface area contributed by atoms with Crippen LogP contribution in [0.15, 0.2) is 0 Å². The Morgan fingerprint density at radius 3 is 2.14 bits per heavy atom. The lowest BCUT2D eigenvalue weighted by Crippen LogP contribution is -2.20. The smallest absolute Gasteiger partial charge is 0.0614 e. The van der Waals surface area contributed by atoms with E-state index in [4.69, 9.17) is 9.60 Å². The maximum absolute atomic E-state index is 9.71. The predicted molar refractivity (Wildman–Crippen MR) is 31.2 cm³/mol. The van der Waals surface area contributed by atoms with E-state index in [1.165, 1.54) is 0 Å². The van der Waals surface area contributed by atoms with Crippen LogP contribution in [0, 0.1) is 0 Å². The van der Waals surface area contributed by atoms with Gasteiger partial charge in [0.25, 0.3) is 0 Å². The summed E-state index contributed by atoms with van der Waals surface area (Å²) in [4.78, 5) is 0. The average molecular weight is 109 g/mol. The Kier molecular flexibility index (Phi) is 0.487. The molecule has 0 aromatic rings. The van der Waals surface area contributed by atoms with Crippen LogP contribution in [0.3, 0.4) is 0 Å². The second kappa shape index (κ2) is 2.31. The predicted octanol–water partition coefficient (Wildman–Crippen LogP) is 1.56. The Morgan fingerprint density at radius 1 is 1.71 bits per heavy atom. The van der Waals surface area contributed by atoms with E-state index in [2.05, 4.69) is 0 Å². The monoisotopic (exact) mass is 109 g/mol. The third-order valence-corrected chi connectivity index (χ3v) is 0.724. The van der Waals surface area contributed by atoms with Crippen LogP contribution in [0.1, 0.15) is 43.0 Å². The molecule has 1 nitrogen and oxygen atoms in total. The van der Waals surface area contributed by atoms with Gasteiger partial charge in [-0.2, -0.15) is 0 Å². The molecule has 0 unspecified atom stereocenters. The highest BCUT2D eigenvalue weighted by Crippen LogP contribution is 2.11. The van der Waals surface area contributed by atoms with Crippen LogP contribution < -0.4 is 0 Å². The Hall–Kier alpha value is -0.0400. The first kappa shape index (κ1) is 1.47. The van der Waals surface area contributed by atoms with Crippen molar-refractivity contribution in [3.05, 3.63) is 0 Å². The van der Waals surface area contributed by atoms with Gasteiger partial charge in [-0.25, -0.2) is 0 Å². The van der Waals surface area contributed by atoms with Crippen molar-refractivity contribution in [2.45, 2.75) is 39.0 Å². The average Bonchev–Trinajstić information content (AvgIpc) is 1.77. The fourth-order valence-electron chi connectivity index (χ4n) is 0.125. The fourth-order valence-corrected chi connectivity index (χ4v) is 0.125. The zero-order chi connectivity index (χ0) is 12.0. The molecule has 0 saturated heterocycles. The van der Waals surface area contributed by atoms with Gasteiger partial charge in [0.2, 0.25) is 0 Å². The summed E-state index contributed by atoms with van der Waals surface area (Å²) in [6, 6.07) is 0. The van der Waals surface area contributed by atoms with Crippen molar-refractivity contribution >= 4 is 0 Å². The van der Waals surface area contributed by atoms with E-state index < -0.39 is 25.2 Å². The standard InChI is InChI=1S/C6H14O/c1-4-6(3,7)5-2/h7H,4-5H2,1-3H3/i3D3,4D2,5D2. The molecule has 0 bridgehead atoms. The lowest BCUT2D eigenvalue weighted by Gasteiger charge is -2.17. The van der Waals surface area contributed by atoms with Crippen molar-refractivity contribution in [3.8, 4) is 0 Å². The topological polar surface area (TPSA) is 20.2 Å². The van der Waals surface area contributed by atoms with Crippen molar-refractivity contribution in [2.75, 3.05) is 0 Å². The number of aliphatic hydroxyl groups is 1. The van der Waals surface area contributed by atoms with E-state index in [0.29, 0.717) is 0 Å². The van der Waals surface area contributed by atoms with Crippen LogP contribution in [0.5, 0.6) is 0 Å². The van der Waals surface area contributed by atoms with E-state index in [9.17, 15) is 5.11 Å². The summed E-state index contributed by atoms with van der Waals surface area (Å²) in [5.74, 6) is 0. The van der Waals surface area contributed by atoms with E-state index >= 15 is 0 Å². The van der Waals surface area contributed by atoms with E-state index in [1.54, 1.807) is 0 Å². The van der Waals surface area contributed by atoms with Crippen LogP contribution in [0.4, 0.5) is 0 Å². The molecule has 0 aliphatic heterocycles. The molecule has 0 aromatic carbocycles. The third-order valence-electron chi connectivity index (χ3n) is 0.724. The summed E-state index contributed by atoms with van der Waals surface area (Å²) in [7, 11) is 0. The SMILES string of the molecule is [2H]C([2H])([2H])C(O)(C([2H])([2H])C)C([2H])([2H])C. The van der Waals surface area contributed by atoms with Crippen LogP contribution in [0.25, 0.3) is 0 Å². The summed E-state index contributed by atoms with van der Waals surface area (Å²) in [5.41, 5.74) is -3.02. The second-order valence-corrected chi connectivity index (χ2v) is 1.21. The molecule has 0 radical (unpaired) electrons. The molecule has 0 rings (SSSR count). The van der Waals surface area contributed by atoms with Crippen LogP contribution in [-0.4, -0.2) is 10.7 Å². The van der Waals surface area contributed by atoms with Crippen LogP contribution >= 0.6 is 0 Å². The summed E-state index contributed by atoms with van der Waals surface area (Å²) in [6.07, 6.45) is -5.12. The molecule has 0 fully saturated rings. The highest BCUT2D eigenvalue weighted by Gasteiger charge is 2.12. The van der Waals surface area contributed by atoms with Gasteiger partial charge < -0.3 is 5.11 Å². The number of rotatable bonds is 2. The zero-order valence-corrected chi connectivity index (χ0v) is 4.45. The Bertz CT molecular complexity index is 172. The number of hydrogen-bond donors (Lipinski definition) is 1. The first-order valence-corrected chi connectivity index (χ1v) is 1.97. The molecule has 7 heavy (non-hydrogen) atoms. The van der Waals surface area contributed by atoms with Gasteiger partial charge in [0.1, 0.15) is 0 Å². The molecule has 0 aromatic heterocycles. The maximum atomic E-state index is 9.71. The Labute approximate surface area is 55.2 Å². The molecule has 44 valence electrons. The molecule has 0 spiro atoms. The Morgan fingerprint density at radius 2 is 2.14 bits per heavy atom. The van der Waals surface area contributed by atoms with Gasteiger partial charge in [-0.1, -0.05) is 13.8 Å². The largest absolute Gasteiger partial charge is 0.390 e. The minimum Gasteiger partial charge on any atom is -0.390 e. The highest BCUT2D eigenvalue weighted by molar-refractivity contribution is 4.65. The van der Waals surface area contributed by atoms with Gasteiger partial charge >= 0.3 is 0 Å². The van der Waals surface area contributed by atoms with E-state index in [-0.39, 0.29) is 0 Å². The maximum Gasteiger partial charge on any atom is 0.0614 e. The van der Waals surface area contributed by atoms with Gasteiger partial charge in [0, 0.05) is 9.60 Å². The van der Waals surface area contributed by atoms with Gasteiger partial charge in [-0.05, 0) is 19.6 Å². The molecule has 1 N–H and O–H groups in total. The summed E-state index contributed by atoms with van der Waals surface area (Å²) in [6.45, 7) is -1.43. The molecule has 0 atom stereocenters. The molecule has 1 heteroatoms. The molecule has 0 amide bonds. The molecule has 0 saturated carbocycles. The highest BCUT2D eigenvalue weighted by atomic mass is 16.3. The van der Waals surface area contributed by atoms with E-state index in [0.717, 1.165) is 13.8 Å². The van der Waals surface area contributed by atoms with Gasteiger partial charge in [0.15, 0.2) is 0 Å². The lowest BCUT2D eigenvalue weighted by molar-refractivity contribution is 0.0521. The normalized spacial score (nSPS) is 32.7. The summed E-state index contributed by atoms with van der Waals surface area (Å²) in [5, 5.41) is 9.71. The Balaban J connectivity index is 5.54. The molecule has 0 heterocycles. The van der Waals surface area contributed by atoms with Gasteiger partial charge in [-0.15, -0.1) is 0 Å². The quantitative estimate of drug-likeness (QED) is 0.570.